The molecule has 0 aliphatic carbocycles. The van der Waals surface area contributed by atoms with Crippen molar-refractivity contribution >= 4 is 11.9 Å². The fraction of sp³-hybridized carbons (Fsp3) is 0.529. The Morgan fingerprint density at radius 2 is 2.04 bits per heavy atom. The van der Waals surface area contributed by atoms with E-state index in [9.17, 15) is 22.8 Å². The van der Waals surface area contributed by atoms with Crippen LogP contribution in [0.15, 0.2) is 24.3 Å². The highest BCUT2D eigenvalue weighted by molar-refractivity contribution is 5.87. The number of carbonyl (C=O) groups is 2. The lowest BCUT2D eigenvalue weighted by Gasteiger charge is -2.26. The first kappa shape index (κ1) is 19.1. The molecule has 1 aliphatic heterocycles. The fourth-order valence-electron chi connectivity index (χ4n) is 2.88. The molecule has 1 atom stereocenters. The third-order valence-corrected chi connectivity index (χ3v) is 4.18. The number of hydrogen-bond acceptors (Lipinski definition) is 2. The molecule has 8 heteroatoms. The second-order valence-electron chi connectivity index (χ2n) is 6.26. The van der Waals surface area contributed by atoms with Crippen molar-refractivity contribution < 1.29 is 22.8 Å². The van der Waals surface area contributed by atoms with Crippen LogP contribution in [-0.2, 0) is 17.4 Å². The molecule has 2 rings (SSSR count). The quantitative estimate of drug-likeness (QED) is 0.900. The van der Waals surface area contributed by atoms with E-state index < -0.39 is 17.8 Å². The van der Waals surface area contributed by atoms with Crippen molar-refractivity contribution in [2.24, 2.45) is 0 Å². The average molecular weight is 357 g/mol. The number of carbonyl (C=O) groups excluding carboxylic acids is 2. The Morgan fingerprint density at radius 1 is 1.32 bits per heavy atom. The predicted molar refractivity (Wildman–Crippen MR) is 87.0 cm³/mol. The van der Waals surface area contributed by atoms with Crippen molar-refractivity contribution in [3.05, 3.63) is 35.4 Å². The Bertz CT molecular complexity index is 632. The maximum absolute atomic E-state index is 12.7. The number of likely N-dealkylation sites (N-methyl/N-ethyl adjacent to an activating group) is 1. The van der Waals surface area contributed by atoms with Crippen molar-refractivity contribution in [2.45, 2.75) is 31.5 Å². The van der Waals surface area contributed by atoms with Crippen LogP contribution < -0.4 is 5.32 Å². The van der Waals surface area contributed by atoms with Crippen LogP contribution in [0.5, 0.6) is 0 Å². The monoisotopic (exact) mass is 357 g/mol. The highest BCUT2D eigenvalue weighted by atomic mass is 19.4. The highest BCUT2D eigenvalue weighted by Crippen LogP contribution is 2.29. The molecule has 1 aromatic rings. The molecule has 138 valence electrons. The van der Waals surface area contributed by atoms with Gasteiger partial charge in [0.1, 0.15) is 6.04 Å². The zero-order valence-corrected chi connectivity index (χ0v) is 14.3. The van der Waals surface area contributed by atoms with Gasteiger partial charge < -0.3 is 15.1 Å². The summed E-state index contributed by atoms with van der Waals surface area (Å²) < 4.78 is 38.1. The van der Waals surface area contributed by atoms with Crippen molar-refractivity contribution in [3.63, 3.8) is 0 Å². The molecule has 0 aromatic heterocycles. The first-order valence-electron chi connectivity index (χ1n) is 8.12. The number of urea groups is 1. The van der Waals surface area contributed by atoms with Crippen molar-refractivity contribution in [1.82, 2.24) is 15.1 Å². The SMILES string of the molecule is CN(C)C(=O)[C@@H]1CCCN1C(=O)NCCc1cccc(C(F)(F)F)c1. The Balaban J connectivity index is 1.89. The van der Waals surface area contributed by atoms with E-state index in [4.69, 9.17) is 0 Å². The molecule has 25 heavy (non-hydrogen) atoms. The lowest BCUT2D eigenvalue weighted by atomic mass is 10.1. The van der Waals surface area contributed by atoms with Gasteiger partial charge in [-0.05, 0) is 30.9 Å². The maximum Gasteiger partial charge on any atom is 0.416 e. The number of rotatable bonds is 4. The molecule has 1 aliphatic rings. The first-order valence-corrected chi connectivity index (χ1v) is 8.12. The van der Waals surface area contributed by atoms with Gasteiger partial charge in [0.05, 0.1) is 5.56 Å². The molecule has 1 heterocycles. The number of benzene rings is 1. The number of likely N-dealkylation sites (tertiary alicyclic amines) is 1. The smallest absolute Gasteiger partial charge is 0.347 e. The van der Waals surface area contributed by atoms with Crippen LogP contribution in [0.4, 0.5) is 18.0 Å². The molecule has 1 fully saturated rings. The van der Waals surface area contributed by atoms with Crippen molar-refractivity contribution in [2.75, 3.05) is 27.2 Å². The summed E-state index contributed by atoms with van der Waals surface area (Å²) in [6.45, 7) is 0.707. The maximum atomic E-state index is 12.7. The third kappa shape index (κ3) is 4.87. The van der Waals surface area contributed by atoms with E-state index in [2.05, 4.69) is 5.32 Å². The summed E-state index contributed by atoms with van der Waals surface area (Å²) in [5.41, 5.74) is -0.204. The molecule has 0 bridgehead atoms. The van der Waals surface area contributed by atoms with E-state index in [1.165, 1.54) is 15.9 Å². The number of alkyl halides is 3. The molecular weight excluding hydrogens is 335 g/mol. The van der Waals surface area contributed by atoms with Gasteiger partial charge in [-0.2, -0.15) is 13.2 Å². The molecule has 3 amide bonds. The molecule has 1 N–H and O–H groups in total. The summed E-state index contributed by atoms with van der Waals surface area (Å²) in [5, 5.41) is 2.69. The minimum absolute atomic E-state index is 0.120. The minimum atomic E-state index is -4.38. The summed E-state index contributed by atoms with van der Waals surface area (Å²) >= 11 is 0. The summed E-state index contributed by atoms with van der Waals surface area (Å²) in [7, 11) is 3.29. The van der Waals surface area contributed by atoms with E-state index in [0.29, 0.717) is 18.5 Å². The van der Waals surface area contributed by atoms with Crippen LogP contribution in [-0.4, -0.2) is 55.0 Å². The van der Waals surface area contributed by atoms with E-state index in [1.54, 1.807) is 20.2 Å². The molecule has 0 spiro atoms. The normalized spacial score (nSPS) is 17.5. The molecule has 1 saturated heterocycles. The average Bonchev–Trinajstić information content (AvgIpc) is 3.03. The Hall–Kier alpha value is -2.25. The van der Waals surface area contributed by atoms with Crippen LogP contribution in [0.2, 0.25) is 0 Å². The van der Waals surface area contributed by atoms with Gasteiger partial charge in [0.25, 0.3) is 0 Å². The Kier molecular flexibility index (Phi) is 5.92. The first-order chi connectivity index (χ1) is 11.7. The van der Waals surface area contributed by atoms with Gasteiger partial charge in [0.15, 0.2) is 0 Å². The number of halogens is 3. The van der Waals surface area contributed by atoms with Gasteiger partial charge in [-0.1, -0.05) is 18.2 Å². The lowest BCUT2D eigenvalue weighted by Crippen LogP contribution is -2.49. The Labute approximate surface area is 144 Å². The van der Waals surface area contributed by atoms with E-state index in [-0.39, 0.29) is 24.9 Å². The van der Waals surface area contributed by atoms with Gasteiger partial charge >= 0.3 is 12.2 Å². The van der Waals surface area contributed by atoms with Crippen LogP contribution >= 0.6 is 0 Å². The highest BCUT2D eigenvalue weighted by Gasteiger charge is 2.34. The van der Waals surface area contributed by atoms with Crippen LogP contribution in [0.25, 0.3) is 0 Å². The van der Waals surface area contributed by atoms with Crippen molar-refractivity contribution in [1.29, 1.82) is 0 Å². The molecule has 0 radical (unpaired) electrons. The van der Waals surface area contributed by atoms with Gasteiger partial charge in [-0.15, -0.1) is 0 Å². The largest absolute Gasteiger partial charge is 0.416 e. The standard InChI is InChI=1S/C17H22F3N3O2/c1-22(2)15(24)14-7-4-10-23(14)16(25)21-9-8-12-5-3-6-13(11-12)17(18,19)20/h3,5-6,11,14H,4,7-10H2,1-2H3,(H,21,25)/t14-/m0/s1. The second-order valence-corrected chi connectivity index (χ2v) is 6.26. The van der Waals surface area contributed by atoms with Crippen LogP contribution in [0.1, 0.15) is 24.0 Å². The van der Waals surface area contributed by atoms with E-state index in [0.717, 1.165) is 18.6 Å². The zero-order valence-electron chi connectivity index (χ0n) is 14.3. The number of amides is 3. The molecule has 0 saturated carbocycles. The lowest BCUT2D eigenvalue weighted by molar-refractivity contribution is -0.137. The fourth-order valence-corrected chi connectivity index (χ4v) is 2.88. The predicted octanol–water partition coefficient (Wildman–Crippen LogP) is 2.51. The van der Waals surface area contributed by atoms with E-state index >= 15 is 0 Å². The van der Waals surface area contributed by atoms with Gasteiger partial charge in [0.2, 0.25) is 5.91 Å². The zero-order chi connectivity index (χ0) is 18.6. The summed E-state index contributed by atoms with van der Waals surface area (Å²) in [6, 6.07) is 4.22. The topological polar surface area (TPSA) is 52.7 Å². The summed E-state index contributed by atoms with van der Waals surface area (Å²) in [6.07, 6.45) is -2.71. The third-order valence-electron chi connectivity index (χ3n) is 4.18. The van der Waals surface area contributed by atoms with Gasteiger partial charge in [-0.25, -0.2) is 4.79 Å². The van der Waals surface area contributed by atoms with Crippen LogP contribution in [0.3, 0.4) is 0 Å². The van der Waals surface area contributed by atoms with Crippen molar-refractivity contribution in [3.8, 4) is 0 Å². The minimum Gasteiger partial charge on any atom is -0.347 e. The number of nitrogens with one attached hydrogen (secondary N) is 1. The second kappa shape index (κ2) is 7.76. The molecular formula is C17H22F3N3O2. The van der Waals surface area contributed by atoms with Gasteiger partial charge in [0, 0.05) is 27.2 Å². The Morgan fingerprint density at radius 3 is 2.68 bits per heavy atom. The summed E-state index contributed by atoms with van der Waals surface area (Å²) in [4.78, 5) is 27.3. The molecule has 0 unspecified atom stereocenters. The molecule has 1 aromatic carbocycles. The van der Waals surface area contributed by atoms with Gasteiger partial charge in [-0.3, -0.25) is 4.79 Å². The number of nitrogens with zero attached hydrogens (tertiary/aromatic N) is 2. The van der Waals surface area contributed by atoms with Crippen LogP contribution in [0, 0.1) is 0 Å². The molecule has 5 nitrogen and oxygen atoms in total. The summed E-state index contributed by atoms with van der Waals surface area (Å²) in [5.74, 6) is -0.120. The van der Waals surface area contributed by atoms with E-state index in [1.807, 2.05) is 0 Å². The number of hydrogen-bond donors (Lipinski definition) is 1.